The molecular weight excluding hydrogens is 422 g/mol. The summed E-state index contributed by atoms with van der Waals surface area (Å²) in [5.74, 6) is 0.646. The molecule has 1 saturated heterocycles. The molecule has 1 aliphatic heterocycles. The van der Waals surface area contributed by atoms with Crippen LogP contribution in [-0.4, -0.2) is 60.3 Å². The maximum absolute atomic E-state index is 8.97. The first-order chi connectivity index (χ1) is 15.0. The van der Waals surface area contributed by atoms with Crippen LogP contribution in [0.1, 0.15) is 5.56 Å². The van der Waals surface area contributed by atoms with E-state index in [2.05, 4.69) is 20.2 Å². The van der Waals surface area contributed by atoms with Crippen LogP contribution in [-0.2, 0) is 11.3 Å². The zero-order chi connectivity index (χ0) is 22.1. The summed E-state index contributed by atoms with van der Waals surface area (Å²) in [6.45, 7) is 3.12. The predicted molar refractivity (Wildman–Crippen MR) is 114 cm³/mol. The topological polar surface area (TPSA) is 149 Å². The van der Waals surface area contributed by atoms with Crippen LogP contribution in [0.5, 0.6) is 6.01 Å². The summed E-state index contributed by atoms with van der Waals surface area (Å²) in [4.78, 5) is 11.8. The zero-order valence-corrected chi connectivity index (χ0v) is 17.5. The van der Waals surface area contributed by atoms with Crippen LogP contribution in [0.3, 0.4) is 0 Å². The van der Waals surface area contributed by atoms with E-state index in [1.165, 1.54) is 0 Å². The molecule has 1 aromatic carbocycles. The summed E-state index contributed by atoms with van der Waals surface area (Å²) < 4.78 is 11.0. The van der Waals surface area contributed by atoms with Crippen LogP contribution in [0, 0.1) is 16.9 Å². The van der Waals surface area contributed by atoms with E-state index in [4.69, 9.17) is 37.5 Å². The first-order valence-corrected chi connectivity index (χ1v) is 9.91. The number of anilines is 1. The van der Waals surface area contributed by atoms with Gasteiger partial charge in [-0.25, -0.2) is 4.90 Å². The molecule has 0 aliphatic carbocycles. The molecule has 1 aromatic heterocycles. The van der Waals surface area contributed by atoms with Gasteiger partial charge in [-0.1, -0.05) is 23.7 Å². The Labute approximate surface area is 184 Å². The largest absolute Gasteiger partial charge is 0.461 e. The molecule has 0 spiro atoms. The minimum atomic E-state index is -0.356. The average Bonchev–Trinajstić information content (AvgIpc) is 2.78. The van der Waals surface area contributed by atoms with Gasteiger partial charge in [0.25, 0.3) is 0 Å². The summed E-state index contributed by atoms with van der Waals surface area (Å²) in [7, 11) is 0. The summed E-state index contributed by atoms with van der Waals surface area (Å²) in [5, 5.41) is 25.4. The summed E-state index contributed by atoms with van der Waals surface area (Å²) >= 11 is 5.90. The number of hydrogen-bond donors (Lipinski definition) is 2. The molecule has 1 fully saturated rings. The smallest absolute Gasteiger partial charge is 0.320 e. The number of nitriles is 1. The fraction of sp³-hybridized carbons (Fsp3) is 0.368. The van der Waals surface area contributed by atoms with Gasteiger partial charge in [0.05, 0.1) is 26.3 Å². The lowest BCUT2D eigenvalue weighted by atomic mass is 10.2. The third kappa shape index (κ3) is 6.77. The van der Waals surface area contributed by atoms with Crippen molar-refractivity contribution in [2.24, 2.45) is 16.0 Å². The highest BCUT2D eigenvalue weighted by Gasteiger charge is 2.16. The number of azo groups is 1. The maximum atomic E-state index is 8.97. The second kappa shape index (κ2) is 11.1. The zero-order valence-electron chi connectivity index (χ0n) is 16.7. The van der Waals surface area contributed by atoms with Gasteiger partial charge in [0.15, 0.2) is 12.0 Å². The Morgan fingerprint density at radius 1 is 1.32 bits per heavy atom. The van der Waals surface area contributed by atoms with Gasteiger partial charge in [0, 0.05) is 24.2 Å². The van der Waals surface area contributed by atoms with Crippen molar-refractivity contribution in [3.05, 3.63) is 40.9 Å². The maximum Gasteiger partial charge on any atom is 0.320 e. The molecule has 1 aliphatic rings. The standard InChI is InChI=1S/C19H22ClN9O2/c20-15-3-1-14(2-4-15)12-24-27-16-11-17(28-5-8-30-9-6-28)26-19(25-16)31-10-7-29(13-21)18(22)23/h1-4,11H,5-10,12H2,(H3,22,23). The lowest BCUT2D eigenvalue weighted by Gasteiger charge is -2.27. The Hall–Kier alpha value is -3.49. The van der Waals surface area contributed by atoms with E-state index in [0.29, 0.717) is 49.5 Å². The van der Waals surface area contributed by atoms with Crippen LogP contribution in [0.4, 0.5) is 11.6 Å². The van der Waals surface area contributed by atoms with Crippen molar-refractivity contribution in [3.8, 4) is 12.2 Å². The van der Waals surface area contributed by atoms with Gasteiger partial charge in [-0.15, -0.1) is 5.11 Å². The van der Waals surface area contributed by atoms with Gasteiger partial charge in [0.1, 0.15) is 12.4 Å². The molecule has 0 unspecified atom stereocenters. The average molecular weight is 444 g/mol. The van der Waals surface area contributed by atoms with E-state index in [0.717, 1.165) is 10.5 Å². The molecule has 2 aromatic rings. The number of nitrogens with one attached hydrogen (secondary N) is 1. The van der Waals surface area contributed by atoms with E-state index in [-0.39, 0.29) is 25.1 Å². The van der Waals surface area contributed by atoms with Gasteiger partial charge in [-0.2, -0.15) is 20.3 Å². The van der Waals surface area contributed by atoms with E-state index in [1.54, 1.807) is 18.2 Å². The number of nitrogens with two attached hydrogens (primary N) is 1. The van der Waals surface area contributed by atoms with E-state index >= 15 is 0 Å². The van der Waals surface area contributed by atoms with Gasteiger partial charge < -0.3 is 20.1 Å². The molecule has 12 heteroatoms. The third-order valence-electron chi connectivity index (χ3n) is 4.31. The van der Waals surface area contributed by atoms with Crippen LogP contribution < -0.4 is 15.4 Å². The number of guanidine groups is 1. The van der Waals surface area contributed by atoms with Gasteiger partial charge in [-0.05, 0) is 17.7 Å². The Bertz CT molecular complexity index is 956. The Morgan fingerprint density at radius 3 is 2.74 bits per heavy atom. The van der Waals surface area contributed by atoms with Crippen molar-refractivity contribution < 1.29 is 9.47 Å². The van der Waals surface area contributed by atoms with Crippen molar-refractivity contribution >= 4 is 29.2 Å². The number of nitrogens with zero attached hydrogens (tertiary/aromatic N) is 7. The molecule has 0 atom stereocenters. The van der Waals surface area contributed by atoms with Gasteiger partial charge in [0.2, 0.25) is 5.96 Å². The minimum absolute atomic E-state index is 0.0705. The highest BCUT2D eigenvalue weighted by atomic mass is 35.5. The van der Waals surface area contributed by atoms with Crippen molar-refractivity contribution in [3.63, 3.8) is 0 Å². The molecule has 162 valence electrons. The number of morpholine rings is 1. The fourth-order valence-electron chi connectivity index (χ4n) is 2.70. The number of benzene rings is 1. The SMILES string of the molecule is N#CN(CCOc1nc(N=NCc2ccc(Cl)cc2)cc(N2CCOCC2)n1)C(=N)N. The van der Waals surface area contributed by atoms with Crippen molar-refractivity contribution in [1.29, 1.82) is 10.7 Å². The molecule has 11 nitrogen and oxygen atoms in total. The number of aromatic nitrogens is 2. The normalized spacial score (nSPS) is 13.7. The molecule has 31 heavy (non-hydrogen) atoms. The number of halogens is 1. The highest BCUT2D eigenvalue weighted by Crippen LogP contribution is 2.23. The second-order valence-electron chi connectivity index (χ2n) is 6.48. The van der Waals surface area contributed by atoms with E-state index < -0.39 is 0 Å². The lowest BCUT2D eigenvalue weighted by molar-refractivity contribution is 0.122. The third-order valence-corrected chi connectivity index (χ3v) is 4.56. The second-order valence-corrected chi connectivity index (χ2v) is 6.91. The highest BCUT2D eigenvalue weighted by molar-refractivity contribution is 6.30. The number of rotatable bonds is 8. The van der Waals surface area contributed by atoms with Crippen LogP contribution >= 0.6 is 11.6 Å². The molecule has 3 rings (SSSR count). The van der Waals surface area contributed by atoms with Crippen LogP contribution in [0.2, 0.25) is 5.02 Å². The van der Waals surface area contributed by atoms with Gasteiger partial charge >= 0.3 is 6.01 Å². The first kappa shape index (κ1) is 22.2. The minimum Gasteiger partial charge on any atom is -0.461 e. The molecule has 0 saturated carbocycles. The number of ether oxygens (including phenoxy) is 2. The Kier molecular flexibility index (Phi) is 7.91. The van der Waals surface area contributed by atoms with Crippen molar-refractivity contribution in [2.45, 2.75) is 6.54 Å². The monoisotopic (exact) mass is 443 g/mol. The Morgan fingerprint density at radius 2 is 2.06 bits per heavy atom. The Balaban J connectivity index is 1.72. The van der Waals surface area contributed by atoms with Crippen LogP contribution in [0.15, 0.2) is 40.6 Å². The molecule has 0 bridgehead atoms. The lowest BCUT2D eigenvalue weighted by Crippen LogP contribution is -2.37. The molecule has 0 radical (unpaired) electrons. The van der Waals surface area contributed by atoms with Crippen molar-refractivity contribution in [1.82, 2.24) is 14.9 Å². The first-order valence-electron chi connectivity index (χ1n) is 9.53. The quantitative estimate of drug-likeness (QED) is 0.207. The fourth-order valence-corrected chi connectivity index (χ4v) is 2.83. The predicted octanol–water partition coefficient (Wildman–Crippen LogP) is 2.31. The van der Waals surface area contributed by atoms with E-state index in [1.807, 2.05) is 23.2 Å². The summed E-state index contributed by atoms with van der Waals surface area (Å²) in [5.41, 5.74) is 6.30. The number of hydrogen-bond acceptors (Lipinski definition) is 9. The summed E-state index contributed by atoms with van der Waals surface area (Å²) in [6, 6.07) is 9.19. The molecule has 0 amide bonds. The summed E-state index contributed by atoms with van der Waals surface area (Å²) in [6.07, 6.45) is 1.81. The van der Waals surface area contributed by atoms with E-state index in [9.17, 15) is 0 Å². The van der Waals surface area contributed by atoms with Crippen LogP contribution in [0.25, 0.3) is 0 Å². The van der Waals surface area contributed by atoms with Crippen molar-refractivity contribution in [2.75, 3.05) is 44.4 Å². The van der Waals surface area contributed by atoms with Gasteiger partial charge in [-0.3, -0.25) is 5.41 Å². The molecular formula is C19H22ClN9O2. The molecule has 2 heterocycles. The molecule has 3 N–H and O–H groups in total.